The third-order valence-corrected chi connectivity index (χ3v) is 4.19. The highest BCUT2D eigenvalue weighted by atomic mass is 32.2. The molecule has 100 valence electrons. The van der Waals surface area contributed by atoms with Crippen LogP contribution in [0.3, 0.4) is 0 Å². The zero-order valence-corrected chi connectivity index (χ0v) is 10.9. The number of sulfonamides is 1. The van der Waals surface area contributed by atoms with Crippen molar-refractivity contribution in [1.29, 1.82) is 0 Å². The summed E-state index contributed by atoms with van der Waals surface area (Å²) in [5, 5.41) is 10.7. The molecule has 0 unspecified atom stereocenters. The van der Waals surface area contributed by atoms with Gasteiger partial charge in [-0.3, -0.25) is 10.1 Å². The highest BCUT2D eigenvalue weighted by Gasteiger charge is 2.23. The second-order valence-corrected chi connectivity index (χ2v) is 5.60. The van der Waals surface area contributed by atoms with E-state index in [1.807, 2.05) is 0 Å². The van der Waals surface area contributed by atoms with Gasteiger partial charge in [0.05, 0.1) is 9.82 Å². The maximum atomic E-state index is 12.0. The molecule has 1 atom stereocenters. The smallest absolute Gasteiger partial charge is 0.273 e. The average molecular weight is 273 g/mol. The molecule has 7 nitrogen and oxygen atoms in total. The molecule has 0 fully saturated rings. The van der Waals surface area contributed by atoms with Gasteiger partial charge < -0.3 is 5.73 Å². The standard InChI is InChI=1S/C10H15N3O4S/c1-7(6-11)12-18(16,17)10-5-3-4-9(8(10)2)13(14)15/h3-5,7,12H,6,11H2,1-2H3/t7-/m0/s1. The molecule has 0 heterocycles. The van der Waals surface area contributed by atoms with E-state index in [0.717, 1.165) is 0 Å². The molecule has 0 radical (unpaired) electrons. The van der Waals surface area contributed by atoms with Gasteiger partial charge >= 0.3 is 0 Å². The molecule has 0 aliphatic heterocycles. The predicted molar refractivity (Wildman–Crippen MR) is 66.7 cm³/mol. The Bertz CT molecular complexity index is 556. The number of nitrogens with one attached hydrogen (secondary N) is 1. The van der Waals surface area contributed by atoms with Crippen molar-refractivity contribution in [2.75, 3.05) is 6.54 Å². The minimum Gasteiger partial charge on any atom is -0.329 e. The number of hydrogen-bond acceptors (Lipinski definition) is 5. The van der Waals surface area contributed by atoms with Crippen molar-refractivity contribution in [2.24, 2.45) is 5.73 Å². The molecule has 3 N–H and O–H groups in total. The lowest BCUT2D eigenvalue weighted by atomic mass is 10.2. The first-order valence-corrected chi connectivity index (χ1v) is 6.74. The number of nitrogens with zero attached hydrogens (tertiary/aromatic N) is 1. The zero-order valence-electron chi connectivity index (χ0n) is 10.1. The summed E-state index contributed by atoms with van der Waals surface area (Å²) in [6.45, 7) is 3.16. The molecular weight excluding hydrogens is 258 g/mol. The third kappa shape index (κ3) is 3.03. The van der Waals surface area contributed by atoms with Gasteiger partial charge in [0.15, 0.2) is 0 Å². The number of hydrogen-bond donors (Lipinski definition) is 2. The van der Waals surface area contributed by atoms with E-state index in [1.165, 1.54) is 25.1 Å². The van der Waals surface area contributed by atoms with E-state index in [0.29, 0.717) is 0 Å². The van der Waals surface area contributed by atoms with E-state index in [2.05, 4.69) is 4.72 Å². The van der Waals surface area contributed by atoms with Gasteiger partial charge in [-0.1, -0.05) is 6.07 Å². The van der Waals surface area contributed by atoms with E-state index in [4.69, 9.17) is 5.73 Å². The molecule has 8 heteroatoms. The molecule has 0 saturated carbocycles. The maximum Gasteiger partial charge on any atom is 0.273 e. The van der Waals surface area contributed by atoms with Gasteiger partial charge in [-0.2, -0.15) is 0 Å². The summed E-state index contributed by atoms with van der Waals surface area (Å²) < 4.78 is 26.4. The summed E-state index contributed by atoms with van der Waals surface area (Å²) in [5.74, 6) is 0. The van der Waals surface area contributed by atoms with Crippen LogP contribution in [0.5, 0.6) is 0 Å². The van der Waals surface area contributed by atoms with Crippen molar-refractivity contribution in [2.45, 2.75) is 24.8 Å². The van der Waals surface area contributed by atoms with Crippen LogP contribution in [0, 0.1) is 17.0 Å². The normalized spacial score (nSPS) is 13.3. The fraction of sp³-hybridized carbons (Fsp3) is 0.400. The summed E-state index contributed by atoms with van der Waals surface area (Å²) in [6.07, 6.45) is 0. The Hall–Kier alpha value is -1.51. The van der Waals surface area contributed by atoms with E-state index in [-0.39, 0.29) is 22.7 Å². The van der Waals surface area contributed by atoms with Crippen LogP contribution in [-0.2, 0) is 10.0 Å². The number of nitrogens with two attached hydrogens (primary N) is 1. The van der Waals surface area contributed by atoms with Crippen molar-refractivity contribution in [1.82, 2.24) is 4.72 Å². The van der Waals surface area contributed by atoms with Crippen LogP contribution < -0.4 is 10.5 Å². The largest absolute Gasteiger partial charge is 0.329 e. The van der Waals surface area contributed by atoms with Crippen molar-refractivity contribution in [3.63, 3.8) is 0 Å². The Morgan fingerprint density at radius 1 is 1.50 bits per heavy atom. The molecular formula is C10H15N3O4S. The number of nitro benzene ring substituents is 1. The lowest BCUT2D eigenvalue weighted by Crippen LogP contribution is -2.38. The summed E-state index contributed by atoms with van der Waals surface area (Å²) >= 11 is 0. The fourth-order valence-corrected chi connectivity index (χ4v) is 2.99. The monoisotopic (exact) mass is 273 g/mol. The minimum atomic E-state index is -3.79. The first-order valence-electron chi connectivity index (χ1n) is 5.26. The molecule has 0 bridgehead atoms. The Kier molecular flexibility index (Phi) is 4.38. The topological polar surface area (TPSA) is 115 Å². The SMILES string of the molecule is Cc1c([N+](=O)[O-])cccc1S(=O)(=O)N[C@@H](C)CN. The van der Waals surface area contributed by atoms with Crippen LogP contribution >= 0.6 is 0 Å². The number of rotatable bonds is 5. The second kappa shape index (κ2) is 5.42. The van der Waals surface area contributed by atoms with Crippen LogP contribution in [-0.4, -0.2) is 25.9 Å². The number of benzene rings is 1. The molecule has 0 aliphatic rings. The highest BCUT2D eigenvalue weighted by molar-refractivity contribution is 7.89. The fourth-order valence-electron chi connectivity index (χ4n) is 1.47. The lowest BCUT2D eigenvalue weighted by molar-refractivity contribution is -0.385. The van der Waals surface area contributed by atoms with Gasteiger partial charge in [-0.15, -0.1) is 0 Å². The molecule has 0 spiro atoms. The van der Waals surface area contributed by atoms with Gasteiger partial charge in [0, 0.05) is 24.2 Å². The third-order valence-electron chi connectivity index (χ3n) is 2.45. The van der Waals surface area contributed by atoms with Crippen LogP contribution in [0.2, 0.25) is 0 Å². The van der Waals surface area contributed by atoms with Crippen LogP contribution in [0.1, 0.15) is 12.5 Å². The Morgan fingerprint density at radius 3 is 2.61 bits per heavy atom. The van der Waals surface area contributed by atoms with Crippen molar-refractivity contribution < 1.29 is 13.3 Å². The van der Waals surface area contributed by atoms with Gasteiger partial charge in [0.2, 0.25) is 10.0 Å². The molecule has 0 aromatic heterocycles. The van der Waals surface area contributed by atoms with Gasteiger partial charge in [0.25, 0.3) is 5.69 Å². The number of nitro groups is 1. The van der Waals surface area contributed by atoms with Gasteiger partial charge in [-0.05, 0) is 19.9 Å². The zero-order chi connectivity index (χ0) is 13.9. The molecule has 0 amide bonds. The second-order valence-electron chi connectivity index (χ2n) is 3.92. The minimum absolute atomic E-state index is 0.100. The van der Waals surface area contributed by atoms with E-state index < -0.39 is 21.0 Å². The molecule has 1 aromatic carbocycles. The lowest BCUT2D eigenvalue weighted by Gasteiger charge is -2.13. The van der Waals surface area contributed by atoms with Crippen LogP contribution in [0.25, 0.3) is 0 Å². The molecule has 1 rings (SSSR count). The van der Waals surface area contributed by atoms with Crippen LogP contribution in [0.4, 0.5) is 5.69 Å². The van der Waals surface area contributed by atoms with Gasteiger partial charge in [-0.25, -0.2) is 13.1 Å². The van der Waals surface area contributed by atoms with Crippen LogP contribution in [0.15, 0.2) is 23.1 Å². The van der Waals surface area contributed by atoms with Crippen molar-refractivity contribution in [3.05, 3.63) is 33.9 Å². The first kappa shape index (κ1) is 14.6. The maximum absolute atomic E-state index is 12.0. The molecule has 18 heavy (non-hydrogen) atoms. The summed E-state index contributed by atoms with van der Waals surface area (Å²) in [7, 11) is -3.79. The van der Waals surface area contributed by atoms with E-state index in [1.54, 1.807) is 6.92 Å². The molecule has 0 aliphatic carbocycles. The highest BCUT2D eigenvalue weighted by Crippen LogP contribution is 2.24. The molecule has 1 aromatic rings. The Labute approximate surface area is 105 Å². The van der Waals surface area contributed by atoms with Crippen molar-refractivity contribution in [3.8, 4) is 0 Å². The van der Waals surface area contributed by atoms with Gasteiger partial charge in [0.1, 0.15) is 0 Å². The Balaban J connectivity index is 3.26. The van der Waals surface area contributed by atoms with E-state index >= 15 is 0 Å². The quantitative estimate of drug-likeness (QED) is 0.599. The predicted octanol–water partition coefficient (Wildman–Crippen LogP) is 0.529. The summed E-state index contributed by atoms with van der Waals surface area (Å²) in [5.41, 5.74) is 5.22. The van der Waals surface area contributed by atoms with Crippen molar-refractivity contribution >= 4 is 15.7 Å². The Morgan fingerprint density at radius 2 is 2.11 bits per heavy atom. The van der Waals surface area contributed by atoms with E-state index in [9.17, 15) is 18.5 Å². The molecule has 0 saturated heterocycles. The average Bonchev–Trinajstić information content (AvgIpc) is 2.27. The first-order chi connectivity index (χ1) is 8.29. The summed E-state index contributed by atoms with van der Waals surface area (Å²) in [6, 6.07) is 3.50. The summed E-state index contributed by atoms with van der Waals surface area (Å²) in [4.78, 5) is 10.0.